The maximum absolute atomic E-state index is 13.2. The monoisotopic (exact) mass is 508 g/mol. The summed E-state index contributed by atoms with van der Waals surface area (Å²) in [5.41, 5.74) is 4.03. The molecule has 0 saturated carbocycles. The van der Waals surface area contributed by atoms with Crippen LogP contribution in [0.5, 0.6) is 0 Å². The van der Waals surface area contributed by atoms with Gasteiger partial charge < -0.3 is 10.0 Å². The molecule has 0 aliphatic carbocycles. The van der Waals surface area contributed by atoms with E-state index in [1.54, 1.807) is 28.4 Å². The third-order valence-electron chi connectivity index (χ3n) is 6.26. The Bertz CT molecular complexity index is 1460. The standard InChI is InChI=1S/C30H24N2O4S/c33-28(15-10-21-8-11-23(12-9-21)22-5-2-1-3-6-22)32-20-29(34)31(17-16-25-7-4-18-37-25)26-14-13-24(30(35)36)19-27(26)32/h1-15,18-19H,16-17,20H2,(H,35,36)/b15-10+. The third kappa shape index (κ3) is 5.37. The van der Waals surface area contributed by atoms with Crippen LogP contribution in [0, 0.1) is 0 Å². The van der Waals surface area contributed by atoms with Crippen molar-refractivity contribution in [2.24, 2.45) is 0 Å². The van der Waals surface area contributed by atoms with Gasteiger partial charge in [0.05, 0.1) is 16.9 Å². The summed E-state index contributed by atoms with van der Waals surface area (Å²) in [6.45, 7) is 0.293. The van der Waals surface area contributed by atoms with Crippen LogP contribution in [0.1, 0.15) is 20.8 Å². The molecule has 1 aliphatic heterocycles. The molecule has 2 heterocycles. The number of anilines is 2. The molecule has 0 unspecified atom stereocenters. The van der Waals surface area contributed by atoms with Crippen LogP contribution in [0.15, 0.2) is 96.4 Å². The van der Waals surface area contributed by atoms with Crippen molar-refractivity contribution in [1.82, 2.24) is 0 Å². The molecule has 5 rings (SSSR count). The van der Waals surface area contributed by atoms with Crippen LogP contribution in [0.25, 0.3) is 17.2 Å². The van der Waals surface area contributed by atoms with E-state index in [0.29, 0.717) is 24.3 Å². The first-order valence-corrected chi connectivity index (χ1v) is 12.7. The van der Waals surface area contributed by atoms with Crippen LogP contribution >= 0.6 is 11.3 Å². The Balaban J connectivity index is 1.38. The fraction of sp³-hybridized carbons (Fsp3) is 0.100. The molecular formula is C30H24N2O4S. The average molecular weight is 509 g/mol. The molecule has 4 aromatic rings. The van der Waals surface area contributed by atoms with Crippen molar-refractivity contribution in [3.05, 3.63) is 112 Å². The number of carboxylic acid groups (broad SMARTS) is 1. The number of nitrogens with zero attached hydrogens (tertiary/aromatic N) is 2. The lowest BCUT2D eigenvalue weighted by Gasteiger charge is -2.36. The van der Waals surface area contributed by atoms with Crippen LogP contribution in [0.4, 0.5) is 11.4 Å². The van der Waals surface area contributed by atoms with Gasteiger partial charge in [0.2, 0.25) is 5.91 Å². The van der Waals surface area contributed by atoms with E-state index in [1.807, 2.05) is 72.1 Å². The highest BCUT2D eigenvalue weighted by Crippen LogP contribution is 2.35. The molecule has 184 valence electrons. The molecule has 0 saturated heterocycles. The number of rotatable bonds is 7. The first-order valence-electron chi connectivity index (χ1n) is 11.8. The van der Waals surface area contributed by atoms with E-state index in [-0.39, 0.29) is 23.9 Å². The number of hydrogen-bond acceptors (Lipinski definition) is 4. The van der Waals surface area contributed by atoms with E-state index in [9.17, 15) is 19.5 Å². The van der Waals surface area contributed by atoms with E-state index < -0.39 is 5.97 Å². The number of thiophene rings is 1. The Morgan fingerprint density at radius 3 is 2.35 bits per heavy atom. The molecule has 1 aromatic heterocycles. The van der Waals surface area contributed by atoms with E-state index >= 15 is 0 Å². The summed E-state index contributed by atoms with van der Waals surface area (Å²) < 4.78 is 0. The summed E-state index contributed by atoms with van der Waals surface area (Å²) in [6, 6.07) is 26.4. The number of amides is 2. The van der Waals surface area contributed by atoms with Gasteiger partial charge in [-0.1, -0.05) is 60.7 Å². The molecule has 0 atom stereocenters. The second kappa shape index (κ2) is 10.6. The highest BCUT2D eigenvalue weighted by molar-refractivity contribution is 7.09. The highest BCUT2D eigenvalue weighted by atomic mass is 32.1. The molecule has 0 radical (unpaired) electrons. The van der Waals surface area contributed by atoms with Crippen molar-refractivity contribution in [1.29, 1.82) is 0 Å². The molecular weight excluding hydrogens is 484 g/mol. The summed E-state index contributed by atoms with van der Waals surface area (Å²) in [5.74, 6) is -1.69. The molecule has 6 nitrogen and oxygen atoms in total. The van der Waals surface area contributed by atoms with Crippen molar-refractivity contribution in [3.63, 3.8) is 0 Å². The van der Waals surface area contributed by atoms with Gasteiger partial charge in [0, 0.05) is 17.5 Å². The van der Waals surface area contributed by atoms with E-state index in [0.717, 1.165) is 21.6 Å². The first kappa shape index (κ1) is 24.2. The number of benzene rings is 3. The molecule has 0 spiro atoms. The summed E-state index contributed by atoms with van der Waals surface area (Å²) in [4.78, 5) is 42.1. The highest BCUT2D eigenvalue weighted by Gasteiger charge is 2.32. The lowest BCUT2D eigenvalue weighted by atomic mass is 10.0. The van der Waals surface area contributed by atoms with Crippen molar-refractivity contribution in [3.8, 4) is 11.1 Å². The lowest BCUT2D eigenvalue weighted by Crippen LogP contribution is -2.48. The predicted molar refractivity (Wildman–Crippen MR) is 147 cm³/mol. The number of aromatic carboxylic acids is 1. The van der Waals surface area contributed by atoms with Gasteiger partial charge >= 0.3 is 5.97 Å². The van der Waals surface area contributed by atoms with E-state index in [4.69, 9.17) is 0 Å². The largest absolute Gasteiger partial charge is 0.478 e. The summed E-state index contributed by atoms with van der Waals surface area (Å²) >= 11 is 1.62. The third-order valence-corrected chi connectivity index (χ3v) is 7.20. The van der Waals surface area contributed by atoms with Crippen molar-refractivity contribution in [2.45, 2.75) is 6.42 Å². The number of carboxylic acids is 1. The number of carbonyl (C=O) groups excluding carboxylic acids is 2. The normalized spacial score (nSPS) is 13.1. The quantitative estimate of drug-likeness (QED) is 0.323. The van der Waals surface area contributed by atoms with E-state index in [2.05, 4.69) is 0 Å². The molecule has 3 aromatic carbocycles. The van der Waals surface area contributed by atoms with E-state index in [1.165, 1.54) is 23.1 Å². The maximum Gasteiger partial charge on any atom is 0.335 e. The second-order valence-corrected chi connectivity index (χ2v) is 9.66. The van der Waals surface area contributed by atoms with Crippen molar-refractivity contribution in [2.75, 3.05) is 22.9 Å². The first-order chi connectivity index (χ1) is 18.0. The van der Waals surface area contributed by atoms with Crippen LogP contribution in [0.3, 0.4) is 0 Å². The molecule has 2 amide bonds. The summed E-state index contributed by atoms with van der Waals surface area (Å²) in [5, 5.41) is 11.5. The van der Waals surface area contributed by atoms with Crippen LogP contribution in [-0.2, 0) is 16.0 Å². The van der Waals surface area contributed by atoms with Gasteiger partial charge in [-0.3, -0.25) is 14.5 Å². The Morgan fingerprint density at radius 2 is 1.65 bits per heavy atom. The summed E-state index contributed by atoms with van der Waals surface area (Å²) in [6.07, 6.45) is 3.80. The molecule has 0 bridgehead atoms. The van der Waals surface area contributed by atoms with Crippen molar-refractivity contribution >= 4 is 46.6 Å². The minimum absolute atomic E-state index is 0.0598. The number of hydrogen-bond donors (Lipinski definition) is 1. The molecule has 1 N–H and O–H groups in total. The average Bonchev–Trinajstić information content (AvgIpc) is 3.45. The van der Waals surface area contributed by atoms with Gasteiger partial charge in [0.15, 0.2) is 0 Å². The SMILES string of the molecule is O=C(O)c1ccc2c(c1)N(C(=O)/C=C/c1ccc(-c3ccccc3)cc1)CC(=O)N2CCc1cccs1. The Labute approximate surface area is 218 Å². The fourth-order valence-corrected chi connectivity index (χ4v) is 5.03. The lowest BCUT2D eigenvalue weighted by molar-refractivity contribution is -0.120. The second-order valence-electron chi connectivity index (χ2n) is 8.63. The molecule has 1 aliphatic rings. The zero-order valence-corrected chi connectivity index (χ0v) is 20.7. The molecule has 7 heteroatoms. The topological polar surface area (TPSA) is 77.9 Å². The Morgan fingerprint density at radius 1 is 0.892 bits per heavy atom. The number of carbonyl (C=O) groups is 3. The van der Waals surface area contributed by atoms with Gasteiger partial charge in [-0.15, -0.1) is 11.3 Å². The van der Waals surface area contributed by atoms with Gasteiger partial charge in [-0.2, -0.15) is 0 Å². The maximum atomic E-state index is 13.2. The molecule has 0 fully saturated rings. The smallest absolute Gasteiger partial charge is 0.335 e. The zero-order valence-electron chi connectivity index (χ0n) is 19.9. The van der Waals surface area contributed by atoms with Crippen molar-refractivity contribution < 1.29 is 19.5 Å². The summed E-state index contributed by atoms with van der Waals surface area (Å²) in [7, 11) is 0. The fourth-order valence-electron chi connectivity index (χ4n) is 4.33. The van der Waals surface area contributed by atoms with Crippen LogP contribution in [0.2, 0.25) is 0 Å². The van der Waals surface area contributed by atoms with Gasteiger partial charge in [-0.25, -0.2) is 4.79 Å². The van der Waals surface area contributed by atoms with Crippen LogP contribution in [-0.4, -0.2) is 36.0 Å². The Hall–Kier alpha value is -4.49. The number of fused-ring (bicyclic) bond motifs is 1. The Kier molecular flexibility index (Phi) is 6.96. The molecule has 37 heavy (non-hydrogen) atoms. The minimum Gasteiger partial charge on any atom is -0.478 e. The predicted octanol–water partition coefficient (Wildman–Crippen LogP) is 5.75. The van der Waals surface area contributed by atoms with Crippen LogP contribution < -0.4 is 9.80 Å². The van der Waals surface area contributed by atoms with Gasteiger partial charge in [0.25, 0.3) is 5.91 Å². The van der Waals surface area contributed by atoms with Gasteiger partial charge in [-0.05, 0) is 58.8 Å². The zero-order chi connectivity index (χ0) is 25.8. The van der Waals surface area contributed by atoms with Gasteiger partial charge in [0.1, 0.15) is 6.54 Å². The minimum atomic E-state index is -1.09.